The van der Waals surface area contributed by atoms with Crippen LogP contribution in [0, 0.1) is 0 Å². The predicted octanol–water partition coefficient (Wildman–Crippen LogP) is 3.48. The van der Waals surface area contributed by atoms with E-state index in [1.165, 1.54) is 11.8 Å². The summed E-state index contributed by atoms with van der Waals surface area (Å²) in [7, 11) is 0. The highest BCUT2D eigenvalue weighted by Gasteiger charge is 2.31. The molecule has 8 heteroatoms. The van der Waals surface area contributed by atoms with Crippen LogP contribution in [0.5, 0.6) is 0 Å². The number of hydrogen-bond acceptors (Lipinski definition) is 3. The van der Waals surface area contributed by atoms with Crippen molar-refractivity contribution >= 4 is 29.3 Å². The number of amides is 1. The lowest BCUT2D eigenvalue weighted by molar-refractivity contribution is -0.137. The van der Waals surface area contributed by atoms with Gasteiger partial charge in [-0.25, -0.2) is 4.79 Å². The van der Waals surface area contributed by atoms with E-state index in [0.717, 1.165) is 6.07 Å². The van der Waals surface area contributed by atoms with Crippen LogP contribution in [0.15, 0.2) is 18.2 Å². The second-order valence-corrected chi connectivity index (χ2v) is 6.04. The number of carbonyl (C=O) groups excluding carboxylic acids is 1. The maximum Gasteiger partial charge on any atom is 0.416 e. The minimum Gasteiger partial charge on any atom is -0.478 e. The van der Waals surface area contributed by atoms with Crippen LogP contribution in [0.3, 0.4) is 0 Å². The number of aromatic carboxylic acids is 1. The standard InChI is InChI=1S/C13H14F3NO3S/c1-7(2)21-6-11(18)17-10-5-8(13(14,15)16)3-4-9(10)12(19)20/h3-5,7H,6H2,1-2H3,(H,17,18)(H,19,20). The highest BCUT2D eigenvalue weighted by molar-refractivity contribution is 8.00. The molecule has 0 fully saturated rings. The summed E-state index contributed by atoms with van der Waals surface area (Å²) in [4.78, 5) is 22.6. The molecular weight excluding hydrogens is 307 g/mol. The maximum absolute atomic E-state index is 12.6. The number of rotatable bonds is 5. The molecule has 0 saturated carbocycles. The number of anilines is 1. The molecule has 1 aromatic carbocycles. The van der Waals surface area contributed by atoms with Crippen LogP contribution in [-0.2, 0) is 11.0 Å². The van der Waals surface area contributed by atoms with Crippen LogP contribution in [0.25, 0.3) is 0 Å². The van der Waals surface area contributed by atoms with Crippen molar-refractivity contribution in [2.24, 2.45) is 0 Å². The van der Waals surface area contributed by atoms with E-state index >= 15 is 0 Å². The molecule has 0 unspecified atom stereocenters. The number of carbonyl (C=O) groups is 2. The fourth-order valence-corrected chi connectivity index (χ4v) is 2.00. The van der Waals surface area contributed by atoms with Gasteiger partial charge < -0.3 is 10.4 Å². The van der Waals surface area contributed by atoms with Gasteiger partial charge in [0.2, 0.25) is 5.91 Å². The molecule has 0 saturated heterocycles. The monoisotopic (exact) mass is 321 g/mol. The van der Waals surface area contributed by atoms with Gasteiger partial charge in [0.15, 0.2) is 0 Å². The van der Waals surface area contributed by atoms with E-state index < -0.39 is 23.6 Å². The van der Waals surface area contributed by atoms with Crippen molar-refractivity contribution in [3.63, 3.8) is 0 Å². The minimum absolute atomic E-state index is 0.0347. The number of carboxylic acids is 1. The van der Waals surface area contributed by atoms with Gasteiger partial charge in [-0.05, 0) is 23.4 Å². The van der Waals surface area contributed by atoms with Crippen molar-refractivity contribution in [3.05, 3.63) is 29.3 Å². The summed E-state index contributed by atoms with van der Waals surface area (Å²) >= 11 is 1.30. The van der Waals surface area contributed by atoms with Crippen LogP contribution in [0.1, 0.15) is 29.8 Å². The summed E-state index contributed by atoms with van der Waals surface area (Å²) in [6.45, 7) is 3.73. The minimum atomic E-state index is -4.61. The number of hydrogen-bond donors (Lipinski definition) is 2. The molecule has 0 aromatic heterocycles. The lowest BCUT2D eigenvalue weighted by Crippen LogP contribution is -2.18. The molecule has 116 valence electrons. The van der Waals surface area contributed by atoms with Gasteiger partial charge in [0.05, 0.1) is 22.6 Å². The number of alkyl halides is 3. The predicted molar refractivity (Wildman–Crippen MR) is 74.6 cm³/mol. The Hall–Kier alpha value is -1.70. The molecule has 0 atom stereocenters. The zero-order valence-electron chi connectivity index (χ0n) is 11.3. The van der Waals surface area contributed by atoms with E-state index in [1.807, 2.05) is 13.8 Å². The first-order valence-corrected chi connectivity index (χ1v) is 7.02. The smallest absolute Gasteiger partial charge is 0.416 e. The SMILES string of the molecule is CC(C)SCC(=O)Nc1cc(C(F)(F)F)ccc1C(=O)O. The molecule has 0 bridgehead atoms. The molecule has 2 N–H and O–H groups in total. The molecule has 0 spiro atoms. The Kier molecular flexibility index (Phi) is 5.65. The molecule has 0 aliphatic carbocycles. The van der Waals surface area contributed by atoms with Gasteiger partial charge in [-0.1, -0.05) is 13.8 Å². The van der Waals surface area contributed by atoms with E-state index in [4.69, 9.17) is 5.11 Å². The largest absolute Gasteiger partial charge is 0.478 e. The first-order valence-electron chi connectivity index (χ1n) is 5.97. The summed E-state index contributed by atoms with van der Waals surface area (Å²) in [5, 5.41) is 11.3. The Bertz CT molecular complexity index is 544. The Morgan fingerprint density at radius 3 is 2.43 bits per heavy atom. The number of benzene rings is 1. The number of nitrogens with one attached hydrogen (secondary N) is 1. The van der Waals surface area contributed by atoms with E-state index in [2.05, 4.69) is 5.32 Å². The molecule has 1 rings (SSSR count). The van der Waals surface area contributed by atoms with Crippen LogP contribution >= 0.6 is 11.8 Å². The summed E-state index contributed by atoms with van der Waals surface area (Å²) < 4.78 is 37.9. The molecule has 1 amide bonds. The average Bonchev–Trinajstić information content (AvgIpc) is 2.34. The number of thioether (sulfide) groups is 1. The number of carboxylic acid groups (broad SMARTS) is 1. The molecule has 0 aliphatic rings. The fourth-order valence-electron chi connectivity index (χ4n) is 1.44. The van der Waals surface area contributed by atoms with Crippen LogP contribution in [0.4, 0.5) is 18.9 Å². The number of halogens is 3. The first-order chi connectivity index (χ1) is 9.61. The maximum atomic E-state index is 12.6. The van der Waals surface area contributed by atoms with Crippen LogP contribution < -0.4 is 5.32 Å². The lowest BCUT2D eigenvalue weighted by Gasteiger charge is -2.13. The molecule has 0 heterocycles. The quantitative estimate of drug-likeness (QED) is 0.871. The van der Waals surface area contributed by atoms with Crippen molar-refractivity contribution < 1.29 is 27.9 Å². The lowest BCUT2D eigenvalue weighted by atomic mass is 10.1. The Labute approximate surface area is 123 Å². The van der Waals surface area contributed by atoms with Gasteiger partial charge in [-0.2, -0.15) is 13.2 Å². The van der Waals surface area contributed by atoms with Crippen molar-refractivity contribution in [1.82, 2.24) is 0 Å². The van der Waals surface area contributed by atoms with E-state index in [-0.39, 0.29) is 22.3 Å². The summed E-state index contributed by atoms with van der Waals surface area (Å²) in [6.07, 6.45) is -4.61. The van der Waals surface area contributed by atoms with E-state index in [0.29, 0.717) is 12.1 Å². The van der Waals surface area contributed by atoms with E-state index in [9.17, 15) is 22.8 Å². The Balaban J connectivity index is 3.01. The second-order valence-electron chi connectivity index (χ2n) is 4.47. The normalized spacial score (nSPS) is 11.5. The van der Waals surface area contributed by atoms with Crippen molar-refractivity contribution in [1.29, 1.82) is 0 Å². The summed E-state index contributed by atoms with van der Waals surface area (Å²) in [5.41, 5.74) is -1.75. The van der Waals surface area contributed by atoms with Gasteiger partial charge in [0, 0.05) is 0 Å². The van der Waals surface area contributed by atoms with Gasteiger partial charge in [0.1, 0.15) is 0 Å². The van der Waals surface area contributed by atoms with Crippen LogP contribution in [-0.4, -0.2) is 28.0 Å². The van der Waals surface area contributed by atoms with Gasteiger partial charge >= 0.3 is 12.1 Å². The molecule has 4 nitrogen and oxygen atoms in total. The highest BCUT2D eigenvalue weighted by Crippen LogP contribution is 2.32. The first kappa shape index (κ1) is 17.4. The third kappa shape index (κ3) is 5.30. The highest BCUT2D eigenvalue weighted by atomic mass is 32.2. The average molecular weight is 321 g/mol. The summed E-state index contributed by atoms with van der Waals surface area (Å²) in [6, 6.07) is 2.12. The van der Waals surface area contributed by atoms with Gasteiger partial charge in [0.25, 0.3) is 0 Å². The van der Waals surface area contributed by atoms with Crippen LogP contribution in [0.2, 0.25) is 0 Å². The van der Waals surface area contributed by atoms with Gasteiger partial charge in [-0.15, -0.1) is 11.8 Å². The van der Waals surface area contributed by atoms with Gasteiger partial charge in [-0.3, -0.25) is 4.79 Å². The zero-order valence-corrected chi connectivity index (χ0v) is 12.1. The van der Waals surface area contributed by atoms with E-state index in [1.54, 1.807) is 0 Å². The molecule has 0 radical (unpaired) electrons. The Morgan fingerprint density at radius 2 is 1.95 bits per heavy atom. The zero-order chi connectivity index (χ0) is 16.2. The third-order valence-corrected chi connectivity index (χ3v) is 3.49. The topological polar surface area (TPSA) is 66.4 Å². The second kappa shape index (κ2) is 6.84. The van der Waals surface area contributed by atoms with Crippen molar-refractivity contribution in [3.8, 4) is 0 Å². The van der Waals surface area contributed by atoms with Crippen molar-refractivity contribution in [2.45, 2.75) is 25.3 Å². The fraction of sp³-hybridized carbons (Fsp3) is 0.385. The Morgan fingerprint density at radius 1 is 1.33 bits per heavy atom. The van der Waals surface area contributed by atoms with Crippen molar-refractivity contribution in [2.75, 3.05) is 11.1 Å². The summed E-state index contributed by atoms with van der Waals surface area (Å²) in [5.74, 6) is -1.92. The molecular formula is C13H14F3NO3S. The molecule has 0 aliphatic heterocycles. The molecule has 1 aromatic rings. The third-order valence-electron chi connectivity index (χ3n) is 2.40. The molecule has 21 heavy (non-hydrogen) atoms.